The fraction of sp³-hybridized carbons (Fsp3) is 0.250. The van der Waals surface area contributed by atoms with E-state index in [0.717, 1.165) is 17.8 Å². The van der Waals surface area contributed by atoms with Crippen LogP contribution in [0.4, 0.5) is 5.82 Å². The molecule has 6 nitrogen and oxygen atoms in total. The normalized spacial score (nSPS) is 10.8. The number of rotatable bonds is 4. The van der Waals surface area contributed by atoms with Gasteiger partial charge in [0, 0.05) is 11.8 Å². The maximum absolute atomic E-state index is 12.0. The zero-order valence-corrected chi connectivity index (χ0v) is 12.6. The van der Waals surface area contributed by atoms with Gasteiger partial charge in [-0.15, -0.1) is 0 Å². The molecule has 0 saturated heterocycles. The number of hydrogen-bond donors (Lipinski definition) is 2. The Labute approximate surface area is 127 Å². The highest BCUT2D eigenvalue weighted by Gasteiger charge is 2.06. The summed E-state index contributed by atoms with van der Waals surface area (Å²) in [7, 11) is 0. The standard InChI is InChI=1S/C16H17N5O/c1-3-11-8-17-10(2)19-15(11)18-9-14-20-13-7-5-4-6-12(13)16(22)21-14/h4-8H,3,9H2,1-2H3,(H,17,18,19)(H,20,21,22). The average molecular weight is 295 g/mol. The quantitative estimate of drug-likeness (QED) is 0.771. The van der Waals surface area contributed by atoms with Gasteiger partial charge in [0.1, 0.15) is 17.5 Å². The summed E-state index contributed by atoms with van der Waals surface area (Å²) in [5.74, 6) is 2.08. The van der Waals surface area contributed by atoms with Gasteiger partial charge in [-0.1, -0.05) is 19.1 Å². The molecule has 2 heterocycles. The Morgan fingerprint density at radius 1 is 1.23 bits per heavy atom. The minimum Gasteiger partial charge on any atom is -0.363 e. The van der Waals surface area contributed by atoms with Crippen LogP contribution in [0, 0.1) is 6.92 Å². The predicted octanol–water partition coefficient (Wildman–Crippen LogP) is 2.20. The van der Waals surface area contributed by atoms with Crippen LogP contribution in [-0.4, -0.2) is 19.9 Å². The molecule has 112 valence electrons. The molecule has 0 radical (unpaired) electrons. The highest BCUT2D eigenvalue weighted by Crippen LogP contribution is 2.13. The number of aryl methyl sites for hydroxylation is 2. The van der Waals surface area contributed by atoms with E-state index < -0.39 is 0 Å². The highest BCUT2D eigenvalue weighted by molar-refractivity contribution is 5.77. The van der Waals surface area contributed by atoms with Gasteiger partial charge in [-0.2, -0.15) is 0 Å². The van der Waals surface area contributed by atoms with E-state index in [1.54, 1.807) is 6.07 Å². The zero-order valence-electron chi connectivity index (χ0n) is 12.6. The van der Waals surface area contributed by atoms with E-state index >= 15 is 0 Å². The van der Waals surface area contributed by atoms with Crippen LogP contribution >= 0.6 is 0 Å². The molecule has 0 unspecified atom stereocenters. The van der Waals surface area contributed by atoms with E-state index in [1.165, 1.54) is 0 Å². The van der Waals surface area contributed by atoms with Gasteiger partial charge in [0.05, 0.1) is 17.4 Å². The van der Waals surface area contributed by atoms with Crippen molar-refractivity contribution >= 4 is 16.7 Å². The summed E-state index contributed by atoms with van der Waals surface area (Å²) in [5.41, 5.74) is 1.60. The molecule has 0 atom stereocenters. The Morgan fingerprint density at radius 3 is 2.86 bits per heavy atom. The number of fused-ring (bicyclic) bond motifs is 1. The topological polar surface area (TPSA) is 83.6 Å². The van der Waals surface area contributed by atoms with Crippen LogP contribution in [0.15, 0.2) is 35.3 Å². The Morgan fingerprint density at radius 2 is 2.05 bits per heavy atom. The van der Waals surface area contributed by atoms with Crippen molar-refractivity contribution in [1.29, 1.82) is 0 Å². The van der Waals surface area contributed by atoms with Gasteiger partial charge < -0.3 is 10.3 Å². The van der Waals surface area contributed by atoms with Gasteiger partial charge in [-0.25, -0.2) is 15.0 Å². The van der Waals surface area contributed by atoms with Crippen LogP contribution < -0.4 is 10.9 Å². The lowest BCUT2D eigenvalue weighted by Gasteiger charge is -2.10. The van der Waals surface area contributed by atoms with E-state index in [9.17, 15) is 4.79 Å². The van der Waals surface area contributed by atoms with E-state index in [1.807, 2.05) is 31.3 Å². The molecular weight excluding hydrogens is 278 g/mol. The molecule has 22 heavy (non-hydrogen) atoms. The van der Waals surface area contributed by atoms with Crippen LogP contribution in [-0.2, 0) is 13.0 Å². The number of para-hydroxylation sites is 1. The number of anilines is 1. The average Bonchev–Trinajstić information content (AvgIpc) is 2.53. The Bertz CT molecular complexity index is 872. The summed E-state index contributed by atoms with van der Waals surface area (Å²) in [6.45, 7) is 4.31. The van der Waals surface area contributed by atoms with E-state index in [2.05, 4.69) is 32.2 Å². The van der Waals surface area contributed by atoms with Crippen molar-refractivity contribution in [2.24, 2.45) is 0 Å². The third kappa shape index (κ3) is 2.81. The van der Waals surface area contributed by atoms with Crippen LogP contribution in [0.25, 0.3) is 10.9 Å². The summed E-state index contributed by atoms with van der Waals surface area (Å²) < 4.78 is 0. The number of hydrogen-bond acceptors (Lipinski definition) is 5. The van der Waals surface area contributed by atoms with Gasteiger partial charge in [0.2, 0.25) is 0 Å². The lowest BCUT2D eigenvalue weighted by molar-refractivity contribution is 0.919. The molecule has 0 saturated carbocycles. The largest absolute Gasteiger partial charge is 0.363 e. The molecule has 3 aromatic rings. The van der Waals surface area contributed by atoms with Gasteiger partial charge in [0.25, 0.3) is 5.56 Å². The van der Waals surface area contributed by atoms with Gasteiger partial charge >= 0.3 is 0 Å². The summed E-state index contributed by atoms with van der Waals surface area (Å²) in [5, 5.41) is 3.83. The number of aromatic amines is 1. The first kappa shape index (κ1) is 14.2. The fourth-order valence-corrected chi connectivity index (χ4v) is 2.29. The molecule has 2 aromatic heterocycles. The third-order valence-corrected chi connectivity index (χ3v) is 3.45. The number of nitrogens with one attached hydrogen (secondary N) is 2. The molecule has 0 aliphatic heterocycles. The van der Waals surface area contributed by atoms with Crippen molar-refractivity contribution < 1.29 is 0 Å². The lowest BCUT2D eigenvalue weighted by Crippen LogP contribution is -2.15. The first-order valence-electron chi connectivity index (χ1n) is 7.21. The Kier molecular flexibility index (Phi) is 3.82. The predicted molar refractivity (Wildman–Crippen MR) is 85.8 cm³/mol. The molecule has 6 heteroatoms. The van der Waals surface area contributed by atoms with Crippen LogP contribution in [0.1, 0.15) is 24.1 Å². The fourth-order valence-electron chi connectivity index (χ4n) is 2.29. The summed E-state index contributed by atoms with van der Waals surface area (Å²) in [6.07, 6.45) is 2.66. The monoisotopic (exact) mass is 295 g/mol. The summed E-state index contributed by atoms with van der Waals surface area (Å²) in [6, 6.07) is 7.30. The number of nitrogens with zero attached hydrogens (tertiary/aromatic N) is 3. The van der Waals surface area contributed by atoms with Gasteiger partial charge in [-0.05, 0) is 25.5 Å². The maximum Gasteiger partial charge on any atom is 0.258 e. The summed E-state index contributed by atoms with van der Waals surface area (Å²) >= 11 is 0. The van der Waals surface area contributed by atoms with Crippen molar-refractivity contribution in [3.8, 4) is 0 Å². The number of benzene rings is 1. The second-order valence-corrected chi connectivity index (χ2v) is 5.03. The molecule has 0 fully saturated rings. The lowest BCUT2D eigenvalue weighted by atomic mass is 10.2. The molecule has 0 bridgehead atoms. The molecule has 0 spiro atoms. The van der Waals surface area contributed by atoms with Crippen LogP contribution in [0.2, 0.25) is 0 Å². The third-order valence-electron chi connectivity index (χ3n) is 3.45. The minimum atomic E-state index is -0.128. The second-order valence-electron chi connectivity index (χ2n) is 5.03. The molecular formula is C16H17N5O. The molecule has 0 aliphatic rings. The first-order valence-corrected chi connectivity index (χ1v) is 7.21. The molecule has 2 N–H and O–H groups in total. The van der Waals surface area contributed by atoms with Crippen molar-refractivity contribution in [2.75, 3.05) is 5.32 Å². The van der Waals surface area contributed by atoms with E-state index in [0.29, 0.717) is 29.1 Å². The van der Waals surface area contributed by atoms with E-state index in [-0.39, 0.29) is 5.56 Å². The van der Waals surface area contributed by atoms with Crippen molar-refractivity contribution in [3.63, 3.8) is 0 Å². The smallest absolute Gasteiger partial charge is 0.258 e. The number of aromatic nitrogens is 4. The highest BCUT2D eigenvalue weighted by atomic mass is 16.1. The first-order chi connectivity index (χ1) is 10.7. The molecule has 0 amide bonds. The second kappa shape index (κ2) is 5.93. The van der Waals surface area contributed by atoms with Crippen molar-refractivity contribution in [1.82, 2.24) is 19.9 Å². The van der Waals surface area contributed by atoms with E-state index in [4.69, 9.17) is 0 Å². The Balaban J connectivity index is 1.88. The van der Waals surface area contributed by atoms with Crippen LogP contribution in [0.5, 0.6) is 0 Å². The zero-order chi connectivity index (χ0) is 15.5. The van der Waals surface area contributed by atoms with Gasteiger partial charge in [-0.3, -0.25) is 4.79 Å². The molecule has 0 aliphatic carbocycles. The maximum atomic E-state index is 12.0. The van der Waals surface area contributed by atoms with Crippen molar-refractivity contribution in [2.45, 2.75) is 26.8 Å². The number of H-pyrrole nitrogens is 1. The minimum absolute atomic E-state index is 0.128. The molecule has 1 aromatic carbocycles. The van der Waals surface area contributed by atoms with Gasteiger partial charge in [0.15, 0.2) is 0 Å². The Hall–Kier alpha value is -2.76. The SMILES string of the molecule is CCc1cnc(C)nc1NCc1nc2ccccc2c(=O)[nH]1. The molecule has 3 rings (SSSR count). The van der Waals surface area contributed by atoms with Crippen LogP contribution in [0.3, 0.4) is 0 Å². The van der Waals surface area contributed by atoms with Crippen molar-refractivity contribution in [3.05, 3.63) is 58.0 Å². The summed E-state index contributed by atoms with van der Waals surface area (Å²) in [4.78, 5) is 27.9.